The number of benzene rings is 2. The Morgan fingerprint density at radius 3 is 1.40 bits per heavy atom. The van der Waals surface area contributed by atoms with Gasteiger partial charge in [-0.15, -0.1) is 0 Å². The van der Waals surface area contributed by atoms with Crippen molar-refractivity contribution in [3.63, 3.8) is 0 Å². The third-order valence-corrected chi connectivity index (χ3v) is 8.74. The monoisotopic (exact) mass is 367 g/mol. The summed E-state index contributed by atoms with van der Waals surface area (Å²) >= 11 is 0. The molecule has 0 aromatic heterocycles. The Labute approximate surface area is 151 Å². The fourth-order valence-electron chi connectivity index (χ4n) is 3.42. The zero-order valence-electron chi connectivity index (χ0n) is 15.8. The van der Waals surface area contributed by atoms with Crippen molar-refractivity contribution in [2.24, 2.45) is 0 Å². The van der Waals surface area contributed by atoms with Crippen molar-refractivity contribution in [3.8, 4) is 0 Å². The van der Waals surface area contributed by atoms with Gasteiger partial charge in [-0.1, -0.05) is 69.6 Å². The number of nitrogens with zero attached hydrogens (tertiary/aromatic N) is 1. The molecular formula is C20H25NO2Si2. The second-order valence-corrected chi connectivity index (χ2v) is 18.8. The number of para-hydroxylation sites is 1. The van der Waals surface area contributed by atoms with Gasteiger partial charge >= 0.3 is 0 Å². The van der Waals surface area contributed by atoms with Gasteiger partial charge in [0, 0.05) is 0 Å². The van der Waals surface area contributed by atoms with Gasteiger partial charge in [-0.25, -0.2) is 4.90 Å². The third-order valence-electron chi connectivity index (χ3n) is 4.67. The number of amides is 2. The molecule has 2 aromatic rings. The van der Waals surface area contributed by atoms with Crippen LogP contribution >= 0.6 is 0 Å². The molecule has 0 unspecified atom stereocenters. The summed E-state index contributed by atoms with van der Waals surface area (Å²) in [4.78, 5) is 28.0. The average molecular weight is 368 g/mol. The molecule has 0 atom stereocenters. The van der Waals surface area contributed by atoms with Crippen LogP contribution in [0.3, 0.4) is 0 Å². The molecule has 1 aliphatic heterocycles. The number of hydrogen-bond donors (Lipinski definition) is 0. The predicted octanol–water partition coefficient (Wildman–Crippen LogP) is 3.58. The molecule has 0 fully saturated rings. The first kappa shape index (κ1) is 17.8. The number of carbonyl (C=O) groups is 2. The van der Waals surface area contributed by atoms with Crippen LogP contribution in [-0.2, 0) is 0 Å². The topological polar surface area (TPSA) is 37.4 Å². The van der Waals surface area contributed by atoms with Gasteiger partial charge < -0.3 is 0 Å². The molecule has 3 rings (SSSR count). The predicted molar refractivity (Wildman–Crippen MR) is 110 cm³/mol. The fraction of sp³-hybridized carbons (Fsp3) is 0.300. The van der Waals surface area contributed by atoms with Crippen molar-refractivity contribution in [2.75, 3.05) is 4.90 Å². The highest BCUT2D eigenvalue weighted by molar-refractivity contribution is 6.92. The van der Waals surface area contributed by atoms with E-state index in [1.807, 2.05) is 30.3 Å². The van der Waals surface area contributed by atoms with E-state index in [9.17, 15) is 9.59 Å². The summed E-state index contributed by atoms with van der Waals surface area (Å²) in [7, 11) is -3.52. The number of fused-ring (bicyclic) bond motifs is 1. The van der Waals surface area contributed by atoms with Gasteiger partial charge in [-0.2, -0.15) is 0 Å². The van der Waals surface area contributed by atoms with E-state index in [-0.39, 0.29) is 11.8 Å². The number of rotatable bonds is 3. The first-order chi connectivity index (χ1) is 11.5. The molecule has 0 aliphatic carbocycles. The lowest BCUT2D eigenvalue weighted by molar-refractivity contribution is 0.0927. The number of imide groups is 1. The van der Waals surface area contributed by atoms with E-state index in [0.717, 1.165) is 10.4 Å². The molecule has 130 valence electrons. The van der Waals surface area contributed by atoms with Crippen LogP contribution in [0, 0.1) is 0 Å². The molecule has 25 heavy (non-hydrogen) atoms. The summed E-state index contributed by atoms with van der Waals surface area (Å²) in [5, 5.41) is 2.17. The third kappa shape index (κ3) is 2.91. The highest BCUT2D eigenvalue weighted by Crippen LogP contribution is 2.29. The molecule has 3 nitrogen and oxygen atoms in total. The second kappa shape index (κ2) is 5.78. The highest BCUT2D eigenvalue weighted by atomic mass is 28.3. The maximum atomic E-state index is 13.3. The van der Waals surface area contributed by atoms with Crippen molar-refractivity contribution >= 4 is 44.0 Å². The van der Waals surface area contributed by atoms with Crippen LogP contribution in [0.15, 0.2) is 42.5 Å². The molecule has 2 amide bonds. The summed E-state index contributed by atoms with van der Waals surface area (Å²) in [6.45, 7) is 13.3. The zero-order valence-corrected chi connectivity index (χ0v) is 17.8. The summed E-state index contributed by atoms with van der Waals surface area (Å²) in [6.07, 6.45) is 0. The molecule has 0 spiro atoms. The van der Waals surface area contributed by atoms with Gasteiger partial charge in [-0.3, -0.25) is 9.59 Å². The lowest BCUT2D eigenvalue weighted by Crippen LogP contribution is -2.47. The highest BCUT2D eigenvalue weighted by Gasteiger charge is 2.43. The Bertz CT molecular complexity index is 809. The van der Waals surface area contributed by atoms with Crippen LogP contribution in [0.1, 0.15) is 20.7 Å². The Morgan fingerprint density at radius 2 is 1.04 bits per heavy atom. The van der Waals surface area contributed by atoms with Crippen molar-refractivity contribution < 1.29 is 9.59 Å². The standard InChI is InChI=1S/C20H25NO2Si2/c1-24(2,3)15-12-13-16(25(4,5)6)18-17(15)19(22)21(20(18)23)14-10-8-7-9-11-14/h7-13H,1-6H3. The smallest absolute Gasteiger partial charge is 0.266 e. The molecule has 1 aliphatic rings. The Hall–Kier alpha value is -1.99. The Balaban J connectivity index is 2.31. The van der Waals surface area contributed by atoms with Gasteiger partial charge in [0.25, 0.3) is 11.8 Å². The van der Waals surface area contributed by atoms with Crippen LogP contribution < -0.4 is 15.3 Å². The van der Waals surface area contributed by atoms with E-state index in [1.165, 1.54) is 4.90 Å². The average Bonchev–Trinajstić information content (AvgIpc) is 2.77. The van der Waals surface area contributed by atoms with Crippen LogP contribution in [0.2, 0.25) is 39.3 Å². The van der Waals surface area contributed by atoms with Crippen molar-refractivity contribution in [1.29, 1.82) is 0 Å². The minimum atomic E-state index is -1.76. The first-order valence-electron chi connectivity index (χ1n) is 8.65. The fourth-order valence-corrected chi connectivity index (χ4v) is 6.55. The molecule has 0 N–H and O–H groups in total. The summed E-state index contributed by atoms with van der Waals surface area (Å²) in [5.74, 6) is -0.326. The maximum absolute atomic E-state index is 13.3. The molecule has 0 saturated heterocycles. The lowest BCUT2D eigenvalue weighted by Gasteiger charge is -2.24. The van der Waals surface area contributed by atoms with E-state index >= 15 is 0 Å². The largest absolute Gasteiger partial charge is 0.268 e. The molecule has 0 saturated carbocycles. The number of anilines is 1. The van der Waals surface area contributed by atoms with Gasteiger partial charge in [-0.05, 0) is 22.5 Å². The van der Waals surface area contributed by atoms with Gasteiger partial charge in [0.05, 0.1) is 33.0 Å². The van der Waals surface area contributed by atoms with E-state index in [1.54, 1.807) is 0 Å². The second-order valence-electron chi connectivity index (χ2n) is 8.69. The quantitative estimate of drug-likeness (QED) is 0.614. The number of hydrogen-bond acceptors (Lipinski definition) is 2. The SMILES string of the molecule is C[Si](C)(C)c1ccc([Si](C)(C)C)c2c1C(=O)N(c1ccccc1)C2=O. The minimum absolute atomic E-state index is 0.163. The Morgan fingerprint density at radius 1 is 0.640 bits per heavy atom. The Kier molecular flexibility index (Phi) is 4.12. The van der Waals surface area contributed by atoms with Gasteiger partial charge in [0.2, 0.25) is 0 Å². The van der Waals surface area contributed by atoms with Crippen LogP contribution in [0.25, 0.3) is 0 Å². The van der Waals surface area contributed by atoms with E-state index in [0.29, 0.717) is 16.8 Å². The van der Waals surface area contributed by atoms with Gasteiger partial charge in [0.1, 0.15) is 0 Å². The molecule has 0 radical (unpaired) electrons. The van der Waals surface area contributed by atoms with E-state index in [2.05, 4.69) is 51.4 Å². The van der Waals surface area contributed by atoms with E-state index in [4.69, 9.17) is 0 Å². The molecule has 0 bridgehead atoms. The van der Waals surface area contributed by atoms with Crippen LogP contribution in [0.4, 0.5) is 5.69 Å². The maximum Gasteiger partial charge on any atom is 0.266 e. The minimum Gasteiger partial charge on any atom is -0.268 e. The molecule has 1 heterocycles. The summed E-state index contributed by atoms with van der Waals surface area (Å²) in [6, 6.07) is 13.5. The molecule has 5 heteroatoms. The van der Waals surface area contributed by atoms with Crippen molar-refractivity contribution in [1.82, 2.24) is 0 Å². The van der Waals surface area contributed by atoms with Crippen molar-refractivity contribution in [2.45, 2.75) is 39.3 Å². The molecule has 2 aromatic carbocycles. The van der Waals surface area contributed by atoms with Crippen LogP contribution in [0.5, 0.6) is 0 Å². The van der Waals surface area contributed by atoms with E-state index < -0.39 is 16.1 Å². The summed E-state index contributed by atoms with van der Waals surface area (Å²) < 4.78 is 0. The van der Waals surface area contributed by atoms with Crippen LogP contribution in [-0.4, -0.2) is 28.0 Å². The normalized spacial score (nSPS) is 14.9. The molecular weight excluding hydrogens is 342 g/mol. The summed E-state index contributed by atoms with van der Waals surface area (Å²) in [5.41, 5.74) is 1.97. The van der Waals surface area contributed by atoms with Crippen molar-refractivity contribution in [3.05, 3.63) is 53.6 Å². The number of carbonyl (C=O) groups excluding carboxylic acids is 2. The van der Waals surface area contributed by atoms with Gasteiger partial charge in [0.15, 0.2) is 0 Å². The zero-order chi connectivity index (χ0) is 18.6. The lowest BCUT2D eigenvalue weighted by atomic mass is 10.1. The first-order valence-corrected chi connectivity index (χ1v) is 15.7.